The lowest BCUT2D eigenvalue weighted by Crippen LogP contribution is -2.53. The van der Waals surface area contributed by atoms with Gasteiger partial charge in [0.25, 0.3) is 11.8 Å². The lowest BCUT2D eigenvalue weighted by atomic mass is 9.68. The van der Waals surface area contributed by atoms with Crippen molar-refractivity contribution in [1.82, 2.24) is 15.0 Å². The van der Waals surface area contributed by atoms with E-state index in [9.17, 15) is 28.0 Å². The Bertz CT molecular complexity index is 1330. The summed E-state index contributed by atoms with van der Waals surface area (Å²) in [5.41, 5.74) is -1.38. The fraction of sp³-hybridized carbons (Fsp3) is 0.273. The minimum absolute atomic E-state index is 0.0108. The van der Waals surface area contributed by atoms with E-state index in [1.807, 2.05) is 0 Å². The second kappa shape index (κ2) is 9.70. The van der Waals surface area contributed by atoms with Gasteiger partial charge in [0.05, 0.1) is 0 Å². The van der Waals surface area contributed by atoms with Gasteiger partial charge in [-0.05, 0) is 29.7 Å². The third-order valence-electron chi connectivity index (χ3n) is 6.41. The maximum atomic E-state index is 14.9. The Labute approximate surface area is 222 Å². The van der Waals surface area contributed by atoms with Gasteiger partial charge in [-0.25, -0.2) is 0 Å². The van der Waals surface area contributed by atoms with Gasteiger partial charge in [-0.3, -0.25) is 24.5 Å². The molecular formula is C22H13B5ClF2N3O4. The molecule has 2 heterocycles. The smallest absolute Gasteiger partial charge is 0.348 e. The summed E-state index contributed by atoms with van der Waals surface area (Å²) in [4.78, 5) is 50.8. The molecule has 1 fully saturated rings. The number of carbonyl (C=O) groups excluding carboxylic acids is 4. The predicted octanol–water partition coefficient (Wildman–Crippen LogP) is -0.773. The second-order valence-electron chi connectivity index (χ2n) is 8.62. The van der Waals surface area contributed by atoms with Gasteiger partial charge in [0.15, 0.2) is 0 Å². The molecule has 0 saturated carbocycles. The molecule has 1 N–H and O–H groups in total. The van der Waals surface area contributed by atoms with Gasteiger partial charge in [0.2, 0.25) is 19.8 Å². The molecule has 37 heavy (non-hydrogen) atoms. The van der Waals surface area contributed by atoms with Crippen molar-refractivity contribution < 1.29 is 28.0 Å². The molecule has 10 radical (unpaired) electrons. The highest BCUT2D eigenvalue weighted by molar-refractivity contribution is 6.52. The van der Waals surface area contributed by atoms with Gasteiger partial charge in [0.1, 0.15) is 37.4 Å². The average Bonchev–Trinajstić information content (AvgIpc) is 3.09. The fourth-order valence-electron chi connectivity index (χ4n) is 4.39. The molecule has 3 unspecified atom stereocenters. The first-order valence-electron chi connectivity index (χ1n) is 10.9. The topological polar surface area (TPSA) is 86.8 Å². The number of hydrogen-bond acceptors (Lipinski definition) is 4. The van der Waals surface area contributed by atoms with Crippen molar-refractivity contribution in [3.05, 3.63) is 57.6 Å². The lowest BCUT2D eigenvalue weighted by molar-refractivity contribution is -0.154. The number of halogens is 3. The number of benzene rings is 2. The highest BCUT2D eigenvalue weighted by Crippen LogP contribution is 2.36. The van der Waals surface area contributed by atoms with Crippen LogP contribution in [0.4, 0.5) is 8.78 Å². The standard InChI is InChI=1S/C22H13B5ClF2N3O4/c23-15-11(18(26)33(27)21(37)22(29,30)8-1-3-9(28)4-2-8)7-10-14(16(15)24)20(36)32(17(10)25)12-5-6-13(34)31-19(12)35/h1-4,7,12,17-18H,5-6H2,(H,31,34,35). The van der Waals surface area contributed by atoms with E-state index in [1.165, 1.54) is 18.2 Å². The Balaban J connectivity index is 1.66. The molecule has 2 aromatic carbocycles. The molecule has 2 aliphatic rings. The summed E-state index contributed by atoms with van der Waals surface area (Å²) in [5, 5.41) is 2.33. The monoisotopic (exact) mass is 511 g/mol. The molecule has 2 aromatic rings. The molecule has 7 nitrogen and oxygen atoms in total. The lowest BCUT2D eigenvalue weighted by Gasteiger charge is -2.33. The normalized spacial score (nSPS) is 20.4. The number of hydrogen-bond donors (Lipinski definition) is 1. The van der Waals surface area contributed by atoms with E-state index in [-0.39, 0.29) is 50.3 Å². The molecule has 1 saturated heterocycles. The Morgan fingerprint density at radius 3 is 2.38 bits per heavy atom. The number of fused-ring (bicyclic) bond motifs is 1. The first kappa shape index (κ1) is 27.0. The minimum Gasteiger partial charge on any atom is -0.393 e. The van der Waals surface area contributed by atoms with E-state index >= 15 is 0 Å². The summed E-state index contributed by atoms with van der Waals surface area (Å²) >= 11 is 5.72. The second-order valence-corrected chi connectivity index (χ2v) is 9.06. The van der Waals surface area contributed by atoms with Gasteiger partial charge in [-0.2, -0.15) is 8.78 Å². The number of nitrogens with one attached hydrogen (secondary N) is 1. The first-order chi connectivity index (χ1) is 17.3. The Morgan fingerprint density at radius 1 is 1.16 bits per heavy atom. The summed E-state index contributed by atoms with van der Waals surface area (Å²) in [7, 11) is 30.2. The van der Waals surface area contributed by atoms with E-state index in [4.69, 9.17) is 51.0 Å². The maximum Gasteiger partial charge on any atom is 0.348 e. The molecule has 3 atom stereocenters. The van der Waals surface area contributed by atoms with Gasteiger partial charge < -0.3 is 9.71 Å². The van der Waals surface area contributed by atoms with Crippen molar-refractivity contribution in [1.29, 1.82) is 0 Å². The van der Waals surface area contributed by atoms with Crippen LogP contribution in [0.1, 0.15) is 51.8 Å². The van der Waals surface area contributed by atoms with Gasteiger partial charge in [0, 0.05) is 34.5 Å². The maximum absolute atomic E-state index is 14.9. The molecule has 0 aromatic heterocycles. The van der Waals surface area contributed by atoms with Crippen molar-refractivity contribution in [3.8, 4) is 0 Å². The number of nitrogens with zero attached hydrogens (tertiary/aromatic N) is 2. The van der Waals surface area contributed by atoms with Gasteiger partial charge >= 0.3 is 5.92 Å². The van der Waals surface area contributed by atoms with E-state index in [0.717, 1.165) is 17.0 Å². The molecular weight excluding hydrogens is 498 g/mol. The van der Waals surface area contributed by atoms with Crippen LogP contribution >= 0.6 is 11.6 Å². The zero-order valence-electron chi connectivity index (χ0n) is 19.1. The molecule has 4 rings (SSSR count). The third-order valence-corrected chi connectivity index (χ3v) is 6.66. The molecule has 176 valence electrons. The summed E-state index contributed by atoms with van der Waals surface area (Å²) in [6, 6.07) is 4.48. The predicted molar refractivity (Wildman–Crippen MR) is 134 cm³/mol. The van der Waals surface area contributed by atoms with Crippen molar-refractivity contribution in [3.63, 3.8) is 0 Å². The highest BCUT2D eigenvalue weighted by atomic mass is 35.5. The van der Waals surface area contributed by atoms with Crippen molar-refractivity contribution in [2.24, 2.45) is 0 Å². The number of alkyl halides is 2. The van der Waals surface area contributed by atoms with Crippen LogP contribution in [0.15, 0.2) is 30.3 Å². The summed E-state index contributed by atoms with van der Waals surface area (Å²) < 4.78 is 29.8. The molecule has 0 spiro atoms. The van der Waals surface area contributed by atoms with Crippen LogP contribution in [0.25, 0.3) is 0 Å². The Hall–Kier alpha value is -3.01. The average molecular weight is 511 g/mol. The number of rotatable bonds is 5. The van der Waals surface area contributed by atoms with Crippen LogP contribution in [0.3, 0.4) is 0 Å². The van der Waals surface area contributed by atoms with Gasteiger partial charge in [-0.1, -0.05) is 40.7 Å². The number of imide groups is 1. The van der Waals surface area contributed by atoms with Crippen molar-refractivity contribution in [2.45, 2.75) is 36.7 Å². The molecule has 15 heteroatoms. The van der Waals surface area contributed by atoms with E-state index in [1.54, 1.807) is 0 Å². The molecule has 4 amide bonds. The Kier molecular flexibility index (Phi) is 7.09. The van der Waals surface area contributed by atoms with Gasteiger partial charge in [-0.15, -0.1) is 0 Å². The zero-order chi connectivity index (χ0) is 27.4. The van der Waals surface area contributed by atoms with Crippen LogP contribution in [-0.4, -0.2) is 78.7 Å². The largest absolute Gasteiger partial charge is 0.393 e. The van der Waals surface area contributed by atoms with E-state index < -0.39 is 53.0 Å². The minimum atomic E-state index is -4.07. The molecule has 0 aliphatic carbocycles. The summed E-state index contributed by atoms with van der Waals surface area (Å²) in [5.74, 6) is -10.7. The molecule has 0 bridgehead atoms. The molecule has 2 aliphatic heterocycles. The van der Waals surface area contributed by atoms with E-state index in [0.29, 0.717) is 0 Å². The fourth-order valence-corrected chi connectivity index (χ4v) is 4.51. The SMILES string of the molecule is [B]c1c(C([B])N([B])C(=O)C(F)(F)c2ccc(Cl)cc2)cc2c(c1[B])C(=O)N(C1CCC(=O)NC1=O)C2[B]. The zero-order valence-corrected chi connectivity index (χ0v) is 19.8. The summed E-state index contributed by atoms with van der Waals surface area (Å²) in [6.45, 7) is 0. The van der Waals surface area contributed by atoms with Crippen LogP contribution in [0.5, 0.6) is 0 Å². The van der Waals surface area contributed by atoms with Crippen LogP contribution in [-0.2, 0) is 20.3 Å². The number of amides is 4. The summed E-state index contributed by atoms with van der Waals surface area (Å²) in [6.07, 6.45) is 0.0216. The van der Waals surface area contributed by atoms with Crippen LogP contribution in [0.2, 0.25) is 5.02 Å². The first-order valence-corrected chi connectivity index (χ1v) is 11.3. The Morgan fingerprint density at radius 2 is 1.78 bits per heavy atom. The number of piperidine rings is 1. The van der Waals surface area contributed by atoms with Crippen molar-refractivity contribution >= 4 is 85.5 Å². The van der Waals surface area contributed by atoms with Crippen LogP contribution < -0.4 is 16.2 Å². The van der Waals surface area contributed by atoms with E-state index in [2.05, 4.69) is 5.32 Å². The van der Waals surface area contributed by atoms with Crippen molar-refractivity contribution in [2.75, 3.05) is 0 Å². The third kappa shape index (κ3) is 4.49. The van der Waals surface area contributed by atoms with Crippen LogP contribution in [0, 0.1) is 0 Å². The highest BCUT2D eigenvalue weighted by Gasteiger charge is 2.46. The number of carbonyl (C=O) groups is 4. The quantitative estimate of drug-likeness (QED) is 0.423.